The molecule has 1 aliphatic rings. The minimum absolute atomic E-state index is 0.992. The first-order chi connectivity index (χ1) is 8.88. The molecular weight excluding hydrogens is 218 g/mol. The van der Waals surface area contributed by atoms with Crippen molar-refractivity contribution in [3.05, 3.63) is 36.0 Å². The van der Waals surface area contributed by atoms with Gasteiger partial charge in [0.2, 0.25) is 0 Å². The lowest BCUT2D eigenvalue weighted by Gasteiger charge is -2.05. The largest absolute Gasteiger partial charge is 0.313 e. The van der Waals surface area contributed by atoms with Crippen molar-refractivity contribution < 1.29 is 0 Å². The summed E-state index contributed by atoms with van der Waals surface area (Å²) in [7, 11) is 0. The van der Waals surface area contributed by atoms with Crippen molar-refractivity contribution in [2.45, 2.75) is 61.3 Å². The third kappa shape index (κ3) is 11.7. The molecule has 0 atom stereocenters. The topological polar surface area (TPSA) is 12.0 Å². The molecule has 0 aromatic heterocycles. The summed E-state index contributed by atoms with van der Waals surface area (Å²) in [6.07, 6.45) is 8.62. The van der Waals surface area contributed by atoms with E-state index in [0.717, 1.165) is 13.1 Å². The Morgan fingerprint density at radius 1 is 1.00 bits per heavy atom. The highest BCUT2D eigenvalue weighted by Crippen LogP contribution is 2.17. The van der Waals surface area contributed by atoms with Crippen molar-refractivity contribution in [1.29, 1.82) is 0 Å². The van der Waals surface area contributed by atoms with Crippen LogP contribution in [0, 0.1) is 0 Å². The van der Waals surface area contributed by atoms with E-state index in [2.05, 4.69) is 31.0 Å². The minimum atomic E-state index is 0.992. The zero-order valence-corrected chi connectivity index (χ0v) is 13.8. The zero-order chi connectivity index (χ0) is 14.8. The third-order valence-corrected chi connectivity index (χ3v) is 2.20. The van der Waals surface area contributed by atoms with Crippen LogP contribution in [0.2, 0.25) is 0 Å². The SMILES string of the molecule is C=C/C=C1/CNCCC/C1=C/C.CC.CC.CC. The predicted molar refractivity (Wildman–Crippen MR) is 88.2 cm³/mol. The maximum absolute atomic E-state index is 3.72. The smallest absolute Gasteiger partial charge is 0.0208 e. The first-order valence-electron chi connectivity index (χ1n) is 7.56. The molecule has 0 radical (unpaired) electrons. The van der Waals surface area contributed by atoms with Crippen LogP contribution in [-0.2, 0) is 0 Å². The van der Waals surface area contributed by atoms with Crippen molar-refractivity contribution in [2.24, 2.45) is 0 Å². The van der Waals surface area contributed by atoms with E-state index in [1.54, 1.807) is 0 Å². The van der Waals surface area contributed by atoms with Gasteiger partial charge in [0.25, 0.3) is 0 Å². The van der Waals surface area contributed by atoms with Crippen molar-refractivity contribution in [2.75, 3.05) is 13.1 Å². The van der Waals surface area contributed by atoms with Gasteiger partial charge in [-0.2, -0.15) is 0 Å². The van der Waals surface area contributed by atoms with E-state index < -0.39 is 0 Å². The van der Waals surface area contributed by atoms with E-state index in [-0.39, 0.29) is 0 Å². The van der Waals surface area contributed by atoms with Gasteiger partial charge in [-0.3, -0.25) is 0 Å². The van der Waals surface area contributed by atoms with Crippen LogP contribution in [0.4, 0.5) is 0 Å². The highest BCUT2D eigenvalue weighted by molar-refractivity contribution is 5.34. The Morgan fingerprint density at radius 2 is 1.56 bits per heavy atom. The summed E-state index contributed by atoms with van der Waals surface area (Å²) in [5, 5.41) is 3.39. The Labute approximate surface area is 116 Å². The lowest BCUT2D eigenvalue weighted by molar-refractivity contribution is 0.722. The second-order valence-corrected chi connectivity index (χ2v) is 3.02. The standard InChI is InChI=1S/C11H17N.3C2H6/c1-3-6-11-9-12-8-5-7-10(11)4-2;3*1-2/h3-4,6,12H,1,5,7-9H2,2H3;3*1-2H3/b10-4-,11-6-;;;. The van der Waals surface area contributed by atoms with Gasteiger partial charge in [0.1, 0.15) is 0 Å². The van der Waals surface area contributed by atoms with Gasteiger partial charge in [-0.05, 0) is 37.5 Å². The molecule has 0 aliphatic carbocycles. The quantitative estimate of drug-likeness (QED) is 0.650. The number of allylic oxidation sites excluding steroid dienone is 3. The van der Waals surface area contributed by atoms with Gasteiger partial charge in [-0.15, -0.1) is 0 Å². The molecule has 1 nitrogen and oxygen atoms in total. The molecule has 0 saturated carbocycles. The van der Waals surface area contributed by atoms with Crippen LogP contribution in [0.3, 0.4) is 0 Å². The second-order valence-electron chi connectivity index (χ2n) is 3.02. The Balaban J connectivity index is -0.000000328. The van der Waals surface area contributed by atoms with Crippen LogP contribution in [0.1, 0.15) is 61.3 Å². The van der Waals surface area contributed by atoms with Gasteiger partial charge in [0.05, 0.1) is 0 Å². The van der Waals surface area contributed by atoms with Gasteiger partial charge in [0.15, 0.2) is 0 Å². The minimum Gasteiger partial charge on any atom is -0.313 e. The number of nitrogens with one attached hydrogen (secondary N) is 1. The van der Waals surface area contributed by atoms with Crippen molar-refractivity contribution in [1.82, 2.24) is 5.32 Å². The Hall–Kier alpha value is -0.820. The van der Waals surface area contributed by atoms with Crippen LogP contribution < -0.4 is 5.32 Å². The summed E-state index contributed by atoms with van der Waals surface area (Å²) in [5.41, 5.74) is 2.87. The molecule has 0 amide bonds. The van der Waals surface area contributed by atoms with E-state index in [1.165, 1.54) is 24.0 Å². The van der Waals surface area contributed by atoms with E-state index in [1.807, 2.05) is 47.6 Å². The van der Waals surface area contributed by atoms with E-state index in [4.69, 9.17) is 0 Å². The van der Waals surface area contributed by atoms with Crippen LogP contribution in [-0.4, -0.2) is 13.1 Å². The summed E-state index contributed by atoms with van der Waals surface area (Å²) in [5.74, 6) is 0. The van der Waals surface area contributed by atoms with Gasteiger partial charge < -0.3 is 5.32 Å². The van der Waals surface area contributed by atoms with Gasteiger partial charge in [-0.25, -0.2) is 0 Å². The van der Waals surface area contributed by atoms with Crippen molar-refractivity contribution in [3.8, 4) is 0 Å². The summed E-state index contributed by atoms with van der Waals surface area (Å²) in [6, 6.07) is 0. The molecular formula is C17H35N. The van der Waals surface area contributed by atoms with Crippen LogP contribution >= 0.6 is 0 Å². The van der Waals surface area contributed by atoms with Crippen molar-refractivity contribution >= 4 is 0 Å². The monoisotopic (exact) mass is 253 g/mol. The molecule has 0 spiro atoms. The first-order valence-corrected chi connectivity index (χ1v) is 7.56. The fourth-order valence-electron chi connectivity index (χ4n) is 1.54. The van der Waals surface area contributed by atoms with E-state index >= 15 is 0 Å². The maximum Gasteiger partial charge on any atom is 0.0208 e. The number of hydrogen-bond acceptors (Lipinski definition) is 1. The molecule has 1 fully saturated rings. The lowest BCUT2D eigenvalue weighted by Crippen LogP contribution is -2.15. The maximum atomic E-state index is 3.72. The summed E-state index contributed by atoms with van der Waals surface area (Å²) in [6.45, 7) is 20.0. The van der Waals surface area contributed by atoms with Crippen molar-refractivity contribution in [3.63, 3.8) is 0 Å². The molecule has 0 bridgehead atoms. The van der Waals surface area contributed by atoms with Crippen LogP contribution in [0.15, 0.2) is 36.0 Å². The van der Waals surface area contributed by atoms with Gasteiger partial charge in [-0.1, -0.05) is 66.3 Å². The average Bonchev–Trinajstić information content (AvgIpc) is 2.71. The molecule has 0 unspecified atom stereocenters. The predicted octanol–water partition coefficient (Wildman–Crippen LogP) is 5.51. The first kappa shape index (κ1) is 22.4. The number of hydrogen-bond donors (Lipinski definition) is 1. The molecule has 1 rings (SSSR count). The van der Waals surface area contributed by atoms with Gasteiger partial charge >= 0.3 is 0 Å². The Bertz CT molecular complexity index is 212. The molecule has 0 aromatic rings. The zero-order valence-electron chi connectivity index (χ0n) is 13.8. The number of rotatable bonds is 1. The normalized spacial score (nSPS) is 18.2. The molecule has 108 valence electrons. The van der Waals surface area contributed by atoms with Crippen LogP contribution in [0.25, 0.3) is 0 Å². The third-order valence-electron chi connectivity index (χ3n) is 2.20. The molecule has 1 heterocycles. The second kappa shape index (κ2) is 21.5. The molecule has 0 aromatic carbocycles. The summed E-state index contributed by atoms with van der Waals surface area (Å²) in [4.78, 5) is 0. The molecule has 1 heteroatoms. The van der Waals surface area contributed by atoms with E-state index in [0.29, 0.717) is 0 Å². The molecule has 18 heavy (non-hydrogen) atoms. The fourth-order valence-corrected chi connectivity index (χ4v) is 1.54. The van der Waals surface area contributed by atoms with E-state index in [9.17, 15) is 0 Å². The van der Waals surface area contributed by atoms with Crippen LogP contribution in [0.5, 0.6) is 0 Å². The fraction of sp³-hybridized carbons (Fsp3) is 0.647. The Kier molecular flexibility index (Phi) is 26.7. The molecule has 1 N–H and O–H groups in total. The summed E-state index contributed by atoms with van der Waals surface area (Å²) < 4.78 is 0. The Morgan fingerprint density at radius 3 is 2.00 bits per heavy atom. The molecule has 1 saturated heterocycles. The summed E-state index contributed by atoms with van der Waals surface area (Å²) >= 11 is 0. The molecule has 1 aliphatic heterocycles. The lowest BCUT2D eigenvalue weighted by atomic mass is 10.0. The van der Waals surface area contributed by atoms with Gasteiger partial charge in [0, 0.05) is 6.54 Å². The average molecular weight is 253 g/mol. The highest BCUT2D eigenvalue weighted by atomic mass is 14.9. The highest BCUT2D eigenvalue weighted by Gasteiger charge is 2.06.